The molecule has 0 amide bonds. The van der Waals surface area contributed by atoms with E-state index in [1.54, 1.807) is 0 Å². The lowest BCUT2D eigenvalue weighted by Gasteiger charge is -2.14. The first kappa shape index (κ1) is 13.0. The third-order valence-corrected chi connectivity index (χ3v) is 2.67. The Bertz CT molecular complexity index is 541. The number of nitrogens with one attached hydrogen (secondary N) is 2. The van der Waals surface area contributed by atoms with E-state index >= 15 is 0 Å². The first-order valence-electron chi connectivity index (χ1n) is 5.97. The SMILES string of the molecule is CC(CCC(=O)O)Nc1cccc(-c2nn[nH]n2)c1. The lowest BCUT2D eigenvalue weighted by atomic mass is 10.1. The van der Waals surface area contributed by atoms with E-state index in [-0.39, 0.29) is 12.5 Å². The number of H-pyrrole nitrogens is 1. The molecule has 0 spiro atoms. The van der Waals surface area contributed by atoms with Gasteiger partial charge in [-0.1, -0.05) is 12.1 Å². The molecule has 7 heteroatoms. The van der Waals surface area contributed by atoms with Crippen LogP contribution in [0, 0.1) is 0 Å². The number of nitrogens with zero attached hydrogens (tertiary/aromatic N) is 3. The van der Waals surface area contributed by atoms with Crippen LogP contribution in [-0.4, -0.2) is 37.7 Å². The van der Waals surface area contributed by atoms with Crippen LogP contribution in [0.3, 0.4) is 0 Å². The number of tetrazole rings is 1. The highest BCUT2D eigenvalue weighted by molar-refractivity contribution is 5.67. The van der Waals surface area contributed by atoms with Gasteiger partial charge in [0.2, 0.25) is 5.82 Å². The minimum absolute atomic E-state index is 0.0802. The second-order valence-electron chi connectivity index (χ2n) is 4.29. The third kappa shape index (κ3) is 3.77. The minimum atomic E-state index is -0.783. The van der Waals surface area contributed by atoms with Crippen LogP contribution < -0.4 is 5.32 Å². The Balaban J connectivity index is 2.01. The molecule has 1 aromatic heterocycles. The van der Waals surface area contributed by atoms with Gasteiger partial charge >= 0.3 is 5.97 Å². The smallest absolute Gasteiger partial charge is 0.303 e. The molecular formula is C12H15N5O2. The van der Waals surface area contributed by atoms with Crippen molar-refractivity contribution < 1.29 is 9.90 Å². The number of aromatic amines is 1. The fourth-order valence-electron chi connectivity index (χ4n) is 1.73. The maximum absolute atomic E-state index is 10.5. The highest BCUT2D eigenvalue weighted by Crippen LogP contribution is 2.19. The van der Waals surface area contributed by atoms with Gasteiger partial charge in [-0.15, -0.1) is 10.2 Å². The van der Waals surface area contributed by atoms with Crippen molar-refractivity contribution in [1.29, 1.82) is 0 Å². The summed E-state index contributed by atoms with van der Waals surface area (Å²) in [5.74, 6) is -0.254. The molecular weight excluding hydrogens is 246 g/mol. The van der Waals surface area contributed by atoms with E-state index in [1.165, 1.54) is 0 Å². The Morgan fingerprint density at radius 3 is 3.05 bits per heavy atom. The van der Waals surface area contributed by atoms with E-state index in [2.05, 4.69) is 25.9 Å². The molecule has 0 aliphatic carbocycles. The summed E-state index contributed by atoms with van der Waals surface area (Å²) in [6, 6.07) is 7.68. The molecule has 2 rings (SSSR count). The predicted octanol–water partition coefficient (Wildman–Crippen LogP) is 1.53. The molecule has 1 unspecified atom stereocenters. The van der Waals surface area contributed by atoms with Crippen molar-refractivity contribution in [2.75, 3.05) is 5.32 Å². The molecule has 3 N–H and O–H groups in total. The molecule has 0 radical (unpaired) electrons. The number of anilines is 1. The lowest BCUT2D eigenvalue weighted by Crippen LogP contribution is -2.16. The summed E-state index contributed by atoms with van der Waals surface area (Å²) in [6.07, 6.45) is 0.723. The molecule has 2 aromatic rings. The van der Waals surface area contributed by atoms with E-state index in [0.29, 0.717) is 12.2 Å². The molecule has 7 nitrogen and oxygen atoms in total. The van der Waals surface area contributed by atoms with Gasteiger partial charge in [0, 0.05) is 23.7 Å². The van der Waals surface area contributed by atoms with Crippen LogP contribution in [0.4, 0.5) is 5.69 Å². The van der Waals surface area contributed by atoms with Crippen molar-refractivity contribution in [3.63, 3.8) is 0 Å². The van der Waals surface area contributed by atoms with Gasteiger partial charge in [-0.3, -0.25) is 4.79 Å². The average Bonchev–Trinajstić information content (AvgIpc) is 2.90. The summed E-state index contributed by atoms with van der Waals surface area (Å²) in [7, 11) is 0. The van der Waals surface area contributed by atoms with E-state index in [4.69, 9.17) is 5.11 Å². The van der Waals surface area contributed by atoms with E-state index in [1.807, 2.05) is 31.2 Å². The molecule has 1 aromatic carbocycles. The van der Waals surface area contributed by atoms with Crippen LogP contribution in [0.15, 0.2) is 24.3 Å². The zero-order chi connectivity index (χ0) is 13.7. The topological polar surface area (TPSA) is 104 Å². The monoisotopic (exact) mass is 261 g/mol. The fourth-order valence-corrected chi connectivity index (χ4v) is 1.73. The number of hydrogen-bond donors (Lipinski definition) is 3. The normalized spacial score (nSPS) is 12.1. The van der Waals surface area contributed by atoms with Crippen LogP contribution in [0.1, 0.15) is 19.8 Å². The second-order valence-corrected chi connectivity index (χ2v) is 4.29. The van der Waals surface area contributed by atoms with Crippen molar-refractivity contribution >= 4 is 11.7 Å². The van der Waals surface area contributed by atoms with Gasteiger partial charge in [-0.05, 0) is 30.7 Å². The number of rotatable bonds is 6. The van der Waals surface area contributed by atoms with Gasteiger partial charge in [0.15, 0.2) is 0 Å². The van der Waals surface area contributed by atoms with Crippen molar-refractivity contribution in [2.45, 2.75) is 25.8 Å². The van der Waals surface area contributed by atoms with Crippen LogP contribution in [0.2, 0.25) is 0 Å². The summed E-state index contributed by atoms with van der Waals surface area (Å²) in [5.41, 5.74) is 1.75. The molecule has 0 bridgehead atoms. The maximum Gasteiger partial charge on any atom is 0.303 e. The minimum Gasteiger partial charge on any atom is -0.481 e. The third-order valence-electron chi connectivity index (χ3n) is 2.67. The van der Waals surface area contributed by atoms with Crippen LogP contribution in [0.25, 0.3) is 11.4 Å². The van der Waals surface area contributed by atoms with Crippen molar-refractivity contribution in [1.82, 2.24) is 20.6 Å². The first-order valence-corrected chi connectivity index (χ1v) is 5.97. The van der Waals surface area contributed by atoms with Crippen molar-refractivity contribution in [3.05, 3.63) is 24.3 Å². The van der Waals surface area contributed by atoms with E-state index in [0.717, 1.165) is 11.3 Å². The standard InChI is InChI=1S/C12H15N5O2/c1-8(5-6-11(18)19)13-10-4-2-3-9(7-10)12-14-16-17-15-12/h2-4,7-8,13H,5-6H2,1H3,(H,18,19)(H,14,15,16,17). The predicted molar refractivity (Wildman–Crippen MR) is 69.6 cm³/mol. The zero-order valence-corrected chi connectivity index (χ0v) is 10.5. The molecule has 1 heterocycles. The lowest BCUT2D eigenvalue weighted by molar-refractivity contribution is -0.137. The van der Waals surface area contributed by atoms with Gasteiger partial charge in [-0.25, -0.2) is 0 Å². The number of aromatic nitrogens is 4. The zero-order valence-electron chi connectivity index (χ0n) is 10.5. The molecule has 0 aliphatic heterocycles. The molecule has 0 saturated heterocycles. The molecule has 19 heavy (non-hydrogen) atoms. The molecule has 0 saturated carbocycles. The summed E-state index contributed by atoms with van der Waals surface area (Å²) in [4.78, 5) is 10.5. The number of carboxylic acids is 1. The highest BCUT2D eigenvalue weighted by Gasteiger charge is 2.07. The maximum atomic E-state index is 10.5. The summed E-state index contributed by atoms with van der Waals surface area (Å²) < 4.78 is 0. The van der Waals surface area contributed by atoms with Gasteiger partial charge in [-0.2, -0.15) is 5.21 Å². The van der Waals surface area contributed by atoms with Gasteiger partial charge in [0.1, 0.15) is 0 Å². The number of hydrogen-bond acceptors (Lipinski definition) is 5. The number of carboxylic acid groups (broad SMARTS) is 1. The molecule has 0 fully saturated rings. The Hall–Kier alpha value is -2.44. The first-order chi connectivity index (χ1) is 9.15. The van der Waals surface area contributed by atoms with Crippen molar-refractivity contribution in [3.8, 4) is 11.4 Å². The second kappa shape index (κ2) is 5.94. The quantitative estimate of drug-likeness (QED) is 0.728. The van der Waals surface area contributed by atoms with E-state index in [9.17, 15) is 4.79 Å². The Kier molecular flexibility index (Phi) is 4.07. The summed E-state index contributed by atoms with van der Waals surface area (Å²) >= 11 is 0. The van der Waals surface area contributed by atoms with Gasteiger partial charge < -0.3 is 10.4 Å². The number of aliphatic carboxylic acids is 1. The molecule has 1 atom stereocenters. The van der Waals surface area contributed by atoms with Crippen molar-refractivity contribution in [2.24, 2.45) is 0 Å². The van der Waals surface area contributed by atoms with Crippen LogP contribution >= 0.6 is 0 Å². The largest absolute Gasteiger partial charge is 0.481 e. The molecule has 100 valence electrons. The van der Waals surface area contributed by atoms with Crippen LogP contribution in [-0.2, 0) is 4.79 Å². The number of carbonyl (C=O) groups is 1. The Morgan fingerprint density at radius 2 is 2.37 bits per heavy atom. The average molecular weight is 261 g/mol. The van der Waals surface area contributed by atoms with Crippen LogP contribution in [0.5, 0.6) is 0 Å². The molecule has 0 aliphatic rings. The Labute approximate surface area is 110 Å². The van der Waals surface area contributed by atoms with Gasteiger partial charge in [0.25, 0.3) is 0 Å². The fraction of sp³-hybridized carbons (Fsp3) is 0.333. The van der Waals surface area contributed by atoms with E-state index < -0.39 is 5.97 Å². The highest BCUT2D eigenvalue weighted by atomic mass is 16.4. The summed E-state index contributed by atoms with van der Waals surface area (Å²) in [6.45, 7) is 1.95. The number of benzene rings is 1. The Morgan fingerprint density at radius 1 is 1.53 bits per heavy atom. The van der Waals surface area contributed by atoms with Gasteiger partial charge in [0.05, 0.1) is 0 Å². The summed E-state index contributed by atoms with van der Waals surface area (Å²) in [5, 5.41) is 25.6.